The molecule has 0 N–H and O–H groups in total. The van der Waals surface area contributed by atoms with Crippen molar-refractivity contribution in [2.45, 2.75) is 23.6 Å². The van der Waals surface area contributed by atoms with Crippen molar-refractivity contribution < 1.29 is 4.21 Å². The summed E-state index contributed by atoms with van der Waals surface area (Å²) in [6.07, 6.45) is 0. The second-order valence-electron chi connectivity index (χ2n) is 4.09. The molecule has 0 heterocycles. The van der Waals surface area contributed by atoms with Crippen LogP contribution in [0.2, 0.25) is 10.0 Å². The van der Waals surface area contributed by atoms with Crippen LogP contribution >= 0.6 is 23.2 Å². The summed E-state index contributed by atoms with van der Waals surface area (Å²) in [5, 5.41) is 1.31. The lowest BCUT2D eigenvalue weighted by Gasteiger charge is -2.09. The fourth-order valence-electron chi connectivity index (χ4n) is 1.76. The zero-order chi connectivity index (χ0) is 13.3. The molecule has 0 aliphatic heterocycles. The summed E-state index contributed by atoms with van der Waals surface area (Å²) in [4.78, 5) is 1.56. The predicted molar refractivity (Wildman–Crippen MR) is 77.1 cm³/mol. The van der Waals surface area contributed by atoms with Crippen LogP contribution in [-0.4, -0.2) is 4.21 Å². The van der Waals surface area contributed by atoms with E-state index in [-0.39, 0.29) is 0 Å². The highest BCUT2D eigenvalue weighted by molar-refractivity contribution is 7.85. The third-order valence-electron chi connectivity index (χ3n) is 2.67. The van der Waals surface area contributed by atoms with Crippen LogP contribution in [-0.2, 0) is 10.8 Å². The first kappa shape index (κ1) is 13.6. The van der Waals surface area contributed by atoms with E-state index in [0.29, 0.717) is 10.0 Å². The monoisotopic (exact) mass is 298 g/mol. The van der Waals surface area contributed by atoms with Gasteiger partial charge < -0.3 is 0 Å². The van der Waals surface area contributed by atoms with Gasteiger partial charge in [-0.25, -0.2) is 4.21 Å². The molecule has 2 rings (SSSR count). The molecule has 0 unspecified atom stereocenters. The molecule has 94 valence electrons. The van der Waals surface area contributed by atoms with Gasteiger partial charge in [-0.2, -0.15) is 0 Å². The Morgan fingerprint density at radius 1 is 0.833 bits per heavy atom. The van der Waals surface area contributed by atoms with Crippen molar-refractivity contribution in [2.24, 2.45) is 0 Å². The Morgan fingerprint density at radius 3 is 1.56 bits per heavy atom. The molecule has 0 spiro atoms. The molecule has 0 saturated carbocycles. The topological polar surface area (TPSA) is 17.1 Å². The smallest absolute Gasteiger partial charge is 0.0855 e. The Bertz CT molecular complexity index is 570. The lowest BCUT2D eigenvalue weighted by atomic mass is 10.2. The van der Waals surface area contributed by atoms with Crippen LogP contribution in [0.1, 0.15) is 11.1 Å². The van der Waals surface area contributed by atoms with Crippen LogP contribution in [0.3, 0.4) is 0 Å². The van der Waals surface area contributed by atoms with Gasteiger partial charge in [-0.15, -0.1) is 0 Å². The first-order chi connectivity index (χ1) is 8.49. The molecule has 0 amide bonds. The van der Waals surface area contributed by atoms with Crippen molar-refractivity contribution in [1.29, 1.82) is 0 Å². The Balaban J connectivity index is 2.48. The minimum Gasteiger partial charge on any atom is -0.249 e. The van der Waals surface area contributed by atoms with Gasteiger partial charge in [-0.3, -0.25) is 0 Å². The van der Waals surface area contributed by atoms with Crippen LogP contribution < -0.4 is 0 Å². The first-order valence-electron chi connectivity index (χ1n) is 5.43. The maximum Gasteiger partial charge on any atom is 0.0855 e. The van der Waals surface area contributed by atoms with E-state index in [0.717, 1.165) is 20.9 Å². The highest BCUT2D eigenvalue weighted by Gasteiger charge is 2.12. The summed E-state index contributed by atoms with van der Waals surface area (Å²) >= 11 is 11.8. The number of rotatable bonds is 2. The molecule has 2 aromatic rings. The third-order valence-corrected chi connectivity index (χ3v) is 4.86. The molecule has 0 aliphatic carbocycles. The van der Waals surface area contributed by atoms with Gasteiger partial charge in [-0.05, 0) is 61.4 Å². The van der Waals surface area contributed by atoms with Crippen LogP contribution in [0.5, 0.6) is 0 Å². The highest BCUT2D eigenvalue weighted by Crippen LogP contribution is 2.26. The highest BCUT2D eigenvalue weighted by atomic mass is 35.5. The third kappa shape index (κ3) is 2.77. The Labute approximate surface area is 119 Å². The lowest BCUT2D eigenvalue weighted by molar-refractivity contribution is 0.682. The summed E-state index contributed by atoms with van der Waals surface area (Å²) in [5.41, 5.74) is 1.85. The zero-order valence-electron chi connectivity index (χ0n) is 10.0. The molecule has 1 nitrogen and oxygen atoms in total. The van der Waals surface area contributed by atoms with Crippen molar-refractivity contribution in [2.75, 3.05) is 0 Å². The van der Waals surface area contributed by atoms with E-state index in [1.807, 2.05) is 38.1 Å². The van der Waals surface area contributed by atoms with Crippen molar-refractivity contribution >= 4 is 34.0 Å². The lowest BCUT2D eigenvalue weighted by Crippen LogP contribution is -1.98. The van der Waals surface area contributed by atoms with Crippen LogP contribution in [0, 0.1) is 13.8 Å². The minimum atomic E-state index is -1.20. The Morgan fingerprint density at radius 2 is 1.22 bits per heavy atom. The molecular formula is C14H12Cl2OS. The SMILES string of the molecule is Cc1cc(Cl)ccc1S(=O)c1ccc(Cl)cc1C. The molecular weight excluding hydrogens is 287 g/mol. The van der Waals surface area contributed by atoms with Gasteiger partial charge in [0.2, 0.25) is 0 Å². The van der Waals surface area contributed by atoms with Gasteiger partial charge in [0.25, 0.3) is 0 Å². The standard InChI is InChI=1S/C14H12Cl2OS/c1-9-7-11(15)3-5-13(9)18(17)14-6-4-12(16)8-10(14)2/h3-8H,1-2H3. The summed E-state index contributed by atoms with van der Waals surface area (Å²) in [7, 11) is -1.20. The van der Waals surface area contributed by atoms with Crippen molar-refractivity contribution in [3.63, 3.8) is 0 Å². The molecule has 0 atom stereocenters. The van der Waals surface area contributed by atoms with Crippen molar-refractivity contribution in [1.82, 2.24) is 0 Å². The maximum absolute atomic E-state index is 12.5. The number of aryl methyl sites for hydroxylation is 2. The van der Waals surface area contributed by atoms with Gasteiger partial charge in [0.1, 0.15) is 0 Å². The second-order valence-corrected chi connectivity index (χ2v) is 6.38. The molecule has 0 saturated heterocycles. The fraction of sp³-hybridized carbons (Fsp3) is 0.143. The van der Waals surface area contributed by atoms with E-state index in [9.17, 15) is 4.21 Å². The Kier molecular flexibility index (Phi) is 4.10. The van der Waals surface area contributed by atoms with E-state index in [1.54, 1.807) is 12.1 Å². The molecule has 0 aliphatic rings. The summed E-state index contributed by atoms with van der Waals surface area (Å²) in [6, 6.07) is 10.8. The largest absolute Gasteiger partial charge is 0.249 e. The molecule has 0 aromatic heterocycles. The van der Waals surface area contributed by atoms with Gasteiger partial charge in [0.05, 0.1) is 10.8 Å². The first-order valence-corrected chi connectivity index (χ1v) is 7.33. The summed E-state index contributed by atoms with van der Waals surface area (Å²) in [6.45, 7) is 3.81. The summed E-state index contributed by atoms with van der Waals surface area (Å²) in [5.74, 6) is 0. The molecule has 2 aromatic carbocycles. The number of halogens is 2. The minimum absolute atomic E-state index is 0.654. The zero-order valence-corrected chi connectivity index (χ0v) is 12.4. The number of hydrogen-bond acceptors (Lipinski definition) is 1. The van der Waals surface area contributed by atoms with E-state index < -0.39 is 10.8 Å². The average Bonchev–Trinajstić information content (AvgIpc) is 2.28. The number of hydrogen-bond donors (Lipinski definition) is 0. The summed E-state index contributed by atoms with van der Waals surface area (Å²) < 4.78 is 12.5. The van der Waals surface area contributed by atoms with Gasteiger partial charge in [0, 0.05) is 19.8 Å². The van der Waals surface area contributed by atoms with Crippen LogP contribution in [0.25, 0.3) is 0 Å². The molecule has 4 heteroatoms. The average molecular weight is 299 g/mol. The molecule has 18 heavy (non-hydrogen) atoms. The van der Waals surface area contributed by atoms with E-state index in [2.05, 4.69) is 0 Å². The predicted octanol–water partition coefficient (Wildman–Crippen LogP) is 4.78. The normalized spacial score (nSPS) is 10.9. The second kappa shape index (κ2) is 5.43. The fourth-order valence-corrected chi connectivity index (χ4v) is 3.54. The van der Waals surface area contributed by atoms with E-state index in [4.69, 9.17) is 23.2 Å². The van der Waals surface area contributed by atoms with E-state index >= 15 is 0 Å². The van der Waals surface area contributed by atoms with E-state index in [1.165, 1.54) is 0 Å². The maximum atomic E-state index is 12.5. The molecule has 0 fully saturated rings. The number of benzene rings is 2. The molecule has 0 bridgehead atoms. The van der Waals surface area contributed by atoms with Crippen LogP contribution in [0.15, 0.2) is 46.2 Å². The van der Waals surface area contributed by atoms with Crippen LogP contribution in [0.4, 0.5) is 0 Å². The van der Waals surface area contributed by atoms with Gasteiger partial charge >= 0.3 is 0 Å². The van der Waals surface area contributed by atoms with Crippen molar-refractivity contribution in [3.8, 4) is 0 Å². The quantitative estimate of drug-likeness (QED) is 0.780. The van der Waals surface area contributed by atoms with Gasteiger partial charge in [-0.1, -0.05) is 23.2 Å². The van der Waals surface area contributed by atoms with Crippen molar-refractivity contribution in [3.05, 3.63) is 57.6 Å². The molecule has 0 radical (unpaired) electrons. The van der Waals surface area contributed by atoms with Gasteiger partial charge in [0.15, 0.2) is 0 Å². The Hall–Kier alpha value is -0.830.